The van der Waals surface area contributed by atoms with Crippen molar-refractivity contribution in [3.8, 4) is 0 Å². The van der Waals surface area contributed by atoms with Crippen LogP contribution in [0.2, 0.25) is 0 Å². The van der Waals surface area contributed by atoms with Crippen LogP contribution in [0.4, 0.5) is 5.69 Å². The number of para-hydroxylation sites is 1. The summed E-state index contributed by atoms with van der Waals surface area (Å²) in [5, 5.41) is 5.43. The maximum absolute atomic E-state index is 12.2. The summed E-state index contributed by atoms with van der Waals surface area (Å²) in [5.41, 5.74) is 1.06. The largest absolute Gasteiger partial charge is 0.355 e. The van der Waals surface area contributed by atoms with E-state index in [4.69, 9.17) is 0 Å². The highest BCUT2D eigenvalue weighted by Gasteiger charge is 2.20. The van der Waals surface area contributed by atoms with Gasteiger partial charge in [-0.25, -0.2) is 0 Å². The molecule has 1 unspecified atom stereocenters. The van der Waals surface area contributed by atoms with E-state index in [9.17, 15) is 9.59 Å². The maximum atomic E-state index is 12.2. The fourth-order valence-electron chi connectivity index (χ4n) is 2.19. The van der Waals surface area contributed by atoms with E-state index in [1.54, 1.807) is 25.2 Å². The number of carbonyl (C=O) groups excluding carboxylic acids is 2. The maximum Gasteiger partial charge on any atom is 0.253 e. The number of allylic oxidation sites excluding steroid dienone is 2. The Kier molecular flexibility index (Phi) is 4.34. The second-order valence-corrected chi connectivity index (χ2v) is 4.60. The molecule has 0 saturated heterocycles. The quantitative estimate of drug-likeness (QED) is 0.818. The van der Waals surface area contributed by atoms with Crippen molar-refractivity contribution in [2.45, 2.75) is 19.3 Å². The van der Waals surface area contributed by atoms with Crippen LogP contribution in [-0.2, 0) is 4.79 Å². The summed E-state index contributed by atoms with van der Waals surface area (Å²) in [6.45, 7) is 0. The average Bonchev–Trinajstić information content (AvgIpc) is 2.48. The Labute approximate surface area is 112 Å². The number of anilines is 1. The van der Waals surface area contributed by atoms with Gasteiger partial charge in [0.2, 0.25) is 5.91 Å². The normalized spacial score (nSPS) is 17.8. The lowest BCUT2D eigenvalue weighted by molar-refractivity contribution is -0.120. The summed E-state index contributed by atoms with van der Waals surface area (Å²) in [4.78, 5) is 23.9. The Bertz CT molecular complexity index is 509. The first-order chi connectivity index (χ1) is 9.22. The SMILES string of the molecule is CNC(=O)c1ccccc1NC(=O)C1CC=CCC1. The molecule has 1 aromatic carbocycles. The van der Waals surface area contributed by atoms with E-state index in [0.29, 0.717) is 11.3 Å². The molecule has 0 spiro atoms. The number of benzene rings is 1. The Morgan fingerprint density at radius 1 is 1.21 bits per heavy atom. The van der Waals surface area contributed by atoms with Crippen molar-refractivity contribution in [3.63, 3.8) is 0 Å². The van der Waals surface area contributed by atoms with Gasteiger partial charge in [0.05, 0.1) is 11.3 Å². The van der Waals surface area contributed by atoms with Crippen LogP contribution in [0.1, 0.15) is 29.6 Å². The zero-order chi connectivity index (χ0) is 13.7. The number of carbonyl (C=O) groups is 2. The lowest BCUT2D eigenvalue weighted by atomic mass is 9.93. The van der Waals surface area contributed by atoms with E-state index in [1.165, 1.54) is 0 Å². The molecule has 2 rings (SSSR count). The van der Waals surface area contributed by atoms with Crippen LogP contribution in [0.5, 0.6) is 0 Å². The standard InChI is InChI=1S/C15H18N2O2/c1-16-15(19)12-9-5-6-10-13(12)17-14(18)11-7-3-2-4-8-11/h2-3,5-6,9-11H,4,7-8H2,1H3,(H,16,19)(H,17,18). The molecule has 4 heteroatoms. The van der Waals surface area contributed by atoms with Crippen LogP contribution in [0.25, 0.3) is 0 Å². The Hall–Kier alpha value is -2.10. The molecule has 0 fully saturated rings. The Balaban J connectivity index is 2.12. The third kappa shape index (κ3) is 3.22. The van der Waals surface area contributed by atoms with Gasteiger partial charge in [-0.3, -0.25) is 9.59 Å². The van der Waals surface area contributed by atoms with Crippen LogP contribution in [0, 0.1) is 5.92 Å². The molecule has 0 heterocycles. The van der Waals surface area contributed by atoms with Crippen LogP contribution in [0.3, 0.4) is 0 Å². The second-order valence-electron chi connectivity index (χ2n) is 4.60. The Morgan fingerprint density at radius 3 is 2.68 bits per heavy atom. The smallest absolute Gasteiger partial charge is 0.253 e. The first-order valence-electron chi connectivity index (χ1n) is 6.49. The molecule has 1 aliphatic rings. The molecule has 1 aliphatic carbocycles. The van der Waals surface area contributed by atoms with Crippen LogP contribution < -0.4 is 10.6 Å². The predicted octanol–water partition coefficient (Wildman–Crippen LogP) is 2.34. The summed E-state index contributed by atoms with van der Waals surface area (Å²) < 4.78 is 0. The summed E-state index contributed by atoms with van der Waals surface area (Å²) in [5.74, 6) is -0.206. The predicted molar refractivity (Wildman–Crippen MR) is 74.9 cm³/mol. The van der Waals surface area contributed by atoms with Gasteiger partial charge < -0.3 is 10.6 Å². The molecule has 0 aliphatic heterocycles. The molecule has 1 aromatic rings. The number of hydrogen-bond acceptors (Lipinski definition) is 2. The van der Waals surface area contributed by atoms with Gasteiger partial charge in [0, 0.05) is 13.0 Å². The molecule has 1 atom stereocenters. The van der Waals surface area contributed by atoms with Crippen molar-refractivity contribution in [2.24, 2.45) is 5.92 Å². The minimum absolute atomic E-state index is 0.00254. The molecule has 100 valence electrons. The van der Waals surface area contributed by atoms with Crippen molar-refractivity contribution in [1.29, 1.82) is 0 Å². The van der Waals surface area contributed by atoms with Crippen molar-refractivity contribution in [3.05, 3.63) is 42.0 Å². The van der Waals surface area contributed by atoms with Crippen LogP contribution >= 0.6 is 0 Å². The fourth-order valence-corrected chi connectivity index (χ4v) is 2.19. The Morgan fingerprint density at radius 2 is 2.00 bits per heavy atom. The van der Waals surface area contributed by atoms with Crippen molar-refractivity contribution < 1.29 is 9.59 Å². The number of rotatable bonds is 3. The van der Waals surface area contributed by atoms with Gasteiger partial charge in [0.15, 0.2) is 0 Å². The van der Waals surface area contributed by atoms with Gasteiger partial charge in [-0.1, -0.05) is 24.3 Å². The molecular weight excluding hydrogens is 240 g/mol. The lowest BCUT2D eigenvalue weighted by Crippen LogP contribution is -2.26. The van der Waals surface area contributed by atoms with Gasteiger partial charge in [0.25, 0.3) is 5.91 Å². The van der Waals surface area contributed by atoms with Crippen LogP contribution in [-0.4, -0.2) is 18.9 Å². The van der Waals surface area contributed by atoms with E-state index in [0.717, 1.165) is 19.3 Å². The lowest BCUT2D eigenvalue weighted by Gasteiger charge is -2.18. The minimum atomic E-state index is -0.195. The molecule has 19 heavy (non-hydrogen) atoms. The van der Waals surface area contributed by atoms with Gasteiger partial charge in [-0.05, 0) is 31.4 Å². The molecule has 0 bridgehead atoms. The molecule has 0 radical (unpaired) electrons. The number of amides is 2. The zero-order valence-electron chi connectivity index (χ0n) is 11.0. The summed E-state index contributed by atoms with van der Waals surface area (Å²) >= 11 is 0. The summed E-state index contributed by atoms with van der Waals surface area (Å²) in [6.07, 6.45) is 6.72. The van der Waals surface area contributed by atoms with Gasteiger partial charge in [-0.15, -0.1) is 0 Å². The van der Waals surface area contributed by atoms with E-state index in [1.807, 2.05) is 12.1 Å². The first kappa shape index (κ1) is 13.3. The highest BCUT2D eigenvalue weighted by Crippen LogP contribution is 2.22. The first-order valence-corrected chi connectivity index (χ1v) is 6.49. The topological polar surface area (TPSA) is 58.2 Å². The average molecular weight is 258 g/mol. The molecule has 0 aromatic heterocycles. The van der Waals surface area contributed by atoms with Crippen molar-refractivity contribution in [2.75, 3.05) is 12.4 Å². The van der Waals surface area contributed by atoms with Crippen molar-refractivity contribution in [1.82, 2.24) is 5.32 Å². The summed E-state index contributed by atoms with van der Waals surface area (Å²) in [6, 6.07) is 7.04. The second kappa shape index (κ2) is 6.18. The van der Waals surface area contributed by atoms with Crippen LogP contribution in [0.15, 0.2) is 36.4 Å². The minimum Gasteiger partial charge on any atom is -0.355 e. The number of nitrogens with one attached hydrogen (secondary N) is 2. The van der Waals surface area contributed by atoms with Gasteiger partial charge in [0.1, 0.15) is 0 Å². The highest BCUT2D eigenvalue weighted by atomic mass is 16.2. The highest BCUT2D eigenvalue weighted by molar-refractivity contribution is 6.04. The number of hydrogen-bond donors (Lipinski definition) is 2. The third-order valence-electron chi connectivity index (χ3n) is 3.30. The monoisotopic (exact) mass is 258 g/mol. The summed E-state index contributed by atoms with van der Waals surface area (Å²) in [7, 11) is 1.58. The van der Waals surface area contributed by atoms with Gasteiger partial charge in [-0.2, -0.15) is 0 Å². The molecule has 2 N–H and O–H groups in total. The van der Waals surface area contributed by atoms with Crippen molar-refractivity contribution >= 4 is 17.5 Å². The van der Waals surface area contributed by atoms with E-state index < -0.39 is 0 Å². The molecule has 2 amide bonds. The van der Waals surface area contributed by atoms with E-state index in [2.05, 4.69) is 16.7 Å². The molecule has 0 saturated carbocycles. The third-order valence-corrected chi connectivity index (χ3v) is 3.30. The van der Waals surface area contributed by atoms with E-state index in [-0.39, 0.29) is 17.7 Å². The van der Waals surface area contributed by atoms with Gasteiger partial charge >= 0.3 is 0 Å². The zero-order valence-corrected chi connectivity index (χ0v) is 11.0. The molecule has 4 nitrogen and oxygen atoms in total. The molecular formula is C15H18N2O2. The fraction of sp³-hybridized carbons (Fsp3) is 0.333. The van der Waals surface area contributed by atoms with E-state index >= 15 is 0 Å².